The highest BCUT2D eigenvalue weighted by Gasteiger charge is 2.50. The first-order valence-electron chi connectivity index (χ1n) is 19.8. The maximum atomic E-state index is 15.1. The van der Waals surface area contributed by atoms with Crippen LogP contribution in [-0.2, 0) is 20.7 Å². The van der Waals surface area contributed by atoms with Crippen LogP contribution in [0.3, 0.4) is 0 Å². The summed E-state index contributed by atoms with van der Waals surface area (Å²) in [6.45, 7) is 25.4. The molecule has 55 heavy (non-hydrogen) atoms. The van der Waals surface area contributed by atoms with Gasteiger partial charge in [-0.15, -0.1) is 0 Å². The van der Waals surface area contributed by atoms with Gasteiger partial charge in [0.2, 0.25) is 5.78 Å². The summed E-state index contributed by atoms with van der Waals surface area (Å²) in [6.07, 6.45) is 2.25. The Balaban J connectivity index is 1.59. The number of aryl methyl sites for hydroxylation is 3. The predicted molar refractivity (Wildman–Crippen MR) is 221 cm³/mol. The van der Waals surface area contributed by atoms with Crippen LogP contribution < -0.4 is 0 Å². The lowest BCUT2D eigenvalue weighted by atomic mass is 9.59. The number of allylic oxidation sites excluding steroid dienone is 4. The van der Waals surface area contributed by atoms with E-state index < -0.39 is 18.0 Å². The molecular weight excluding hydrogens is 685 g/mol. The number of aliphatic imine (C=N–C) groups is 1. The monoisotopic (exact) mass is 742 g/mol. The number of nitrogens with zero attached hydrogens (tertiary/aromatic N) is 1. The van der Waals surface area contributed by atoms with E-state index in [2.05, 4.69) is 65.4 Å². The summed E-state index contributed by atoms with van der Waals surface area (Å²) in [6, 6.07) is 15.0. The molecule has 3 aliphatic rings. The minimum atomic E-state index is -0.566. The van der Waals surface area contributed by atoms with Gasteiger partial charge in [-0.3, -0.25) is 9.59 Å². The Bertz CT molecular complexity index is 2170. The second-order valence-corrected chi connectivity index (χ2v) is 18.4. The van der Waals surface area contributed by atoms with Crippen molar-refractivity contribution in [2.75, 3.05) is 0 Å². The van der Waals surface area contributed by atoms with Gasteiger partial charge in [-0.2, -0.15) is 0 Å². The molecule has 290 valence electrons. The molecule has 0 spiro atoms. The molecule has 0 bridgehead atoms. The molecule has 7 nitrogen and oxygen atoms in total. The van der Waals surface area contributed by atoms with Crippen LogP contribution in [-0.4, -0.2) is 39.6 Å². The molecule has 0 saturated heterocycles. The number of aliphatic hydroxyl groups excluding tert-OH is 1. The second-order valence-electron chi connectivity index (χ2n) is 18.4. The van der Waals surface area contributed by atoms with Gasteiger partial charge in [-0.05, 0) is 97.6 Å². The number of carbonyl (C=O) groups is 3. The molecule has 2 unspecified atom stereocenters. The summed E-state index contributed by atoms with van der Waals surface area (Å²) in [5, 5.41) is 11.8. The summed E-state index contributed by atoms with van der Waals surface area (Å²) < 4.78 is 6.80. The molecule has 1 amide bonds. The van der Waals surface area contributed by atoms with E-state index in [9.17, 15) is 14.7 Å². The van der Waals surface area contributed by atoms with Crippen LogP contribution in [0.2, 0.25) is 0 Å². The Morgan fingerprint density at radius 1 is 0.891 bits per heavy atom. The maximum absolute atomic E-state index is 15.1. The standard InChI is InChI=1S/C48H58N2O5/c1-13-31-28(5)41(49-29(31)6)40-42(51)38(43(40)52)33-24-36(50-45(53)32-20-19-25(2)21-27(32)4)39(37(33)30-17-15-14-16-18-30)46(54)55-44-34(47(7,8)9)22-26(3)23-35(44)48(10,11)12/h14-21,26,34-35,44,49,51H,13,22-24H2,1-12H3. The molecule has 0 radical (unpaired) electrons. The number of aromatic nitrogens is 1. The van der Waals surface area contributed by atoms with E-state index >= 15 is 4.79 Å². The summed E-state index contributed by atoms with van der Waals surface area (Å²) in [7, 11) is 0. The molecule has 3 aromatic rings. The van der Waals surface area contributed by atoms with Gasteiger partial charge in [-0.1, -0.05) is 103 Å². The largest absolute Gasteiger partial charge is 0.506 e. The van der Waals surface area contributed by atoms with E-state index in [1.54, 1.807) is 6.07 Å². The van der Waals surface area contributed by atoms with Crippen LogP contribution in [0.25, 0.3) is 11.1 Å². The highest BCUT2D eigenvalue weighted by molar-refractivity contribution is 6.42. The molecule has 1 heterocycles. The molecule has 1 fully saturated rings. The topological polar surface area (TPSA) is 109 Å². The average molecular weight is 743 g/mol. The zero-order valence-electron chi connectivity index (χ0n) is 34.8. The fourth-order valence-corrected chi connectivity index (χ4v) is 9.36. The average Bonchev–Trinajstić information content (AvgIpc) is 3.59. The Hall–Kier alpha value is -4.78. The van der Waals surface area contributed by atoms with E-state index in [-0.39, 0.29) is 63.1 Å². The molecule has 1 aromatic heterocycles. The van der Waals surface area contributed by atoms with Crippen molar-refractivity contribution in [1.82, 2.24) is 4.98 Å². The van der Waals surface area contributed by atoms with Gasteiger partial charge >= 0.3 is 5.97 Å². The Morgan fingerprint density at radius 3 is 2.04 bits per heavy atom. The van der Waals surface area contributed by atoms with Crippen molar-refractivity contribution in [2.45, 2.75) is 115 Å². The lowest BCUT2D eigenvalue weighted by Gasteiger charge is -2.50. The van der Waals surface area contributed by atoms with Crippen LogP contribution in [0.1, 0.15) is 124 Å². The van der Waals surface area contributed by atoms with Crippen molar-refractivity contribution in [3.05, 3.63) is 116 Å². The van der Waals surface area contributed by atoms with E-state index in [1.807, 2.05) is 70.2 Å². The van der Waals surface area contributed by atoms with Crippen molar-refractivity contribution in [2.24, 2.45) is 33.6 Å². The number of Topliss-reactive ketones (excluding diaryl/α,β-unsaturated/α-hetero) is 1. The number of ketones is 1. The molecule has 3 aliphatic carbocycles. The molecule has 6 rings (SSSR count). The van der Waals surface area contributed by atoms with Gasteiger partial charge in [0.25, 0.3) is 5.91 Å². The Kier molecular flexibility index (Phi) is 10.7. The number of amides is 1. The number of ether oxygens (including phenoxy) is 1. The van der Waals surface area contributed by atoms with E-state index in [1.165, 1.54) is 0 Å². The summed E-state index contributed by atoms with van der Waals surface area (Å²) in [5.74, 6) is -0.847. The van der Waals surface area contributed by atoms with Crippen LogP contribution in [0.4, 0.5) is 0 Å². The zero-order chi connectivity index (χ0) is 40.3. The van der Waals surface area contributed by atoms with Gasteiger partial charge < -0.3 is 14.8 Å². The van der Waals surface area contributed by atoms with Crippen LogP contribution >= 0.6 is 0 Å². The predicted octanol–water partition coefficient (Wildman–Crippen LogP) is 10.8. The quantitative estimate of drug-likeness (QED) is 0.193. The lowest BCUT2D eigenvalue weighted by molar-refractivity contribution is -0.164. The van der Waals surface area contributed by atoms with Crippen molar-refractivity contribution < 1.29 is 24.2 Å². The van der Waals surface area contributed by atoms with Crippen LogP contribution in [0.15, 0.2) is 76.0 Å². The number of aliphatic hydroxyl groups is 1. The third-order valence-electron chi connectivity index (χ3n) is 12.3. The summed E-state index contributed by atoms with van der Waals surface area (Å²) >= 11 is 0. The first kappa shape index (κ1) is 39.9. The van der Waals surface area contributed by atoms with Crippen LogP contribution in [0, 0.1) is 56.3 Å². The molecular formula is C48H58N2O5. The summed E-state index contributed by atoms with van der Waals surface area (Å²) in [5.41, 5.74) is 7.92. The minimum Gasteiger partial charge on any atom is -0.506 e. The van der Waals surface area contributed by atoms with E-state index in [0.717, 1.165) is 47.2 Å². The zero-order valence-corrected chi connectivity index (χ0v) is 34.8. The number of rotatable bonds is 6. The number of esters is 1. The molecule has 2 N–H and O–H groups in total. The third-order valence-corrected chi connectivity index (χ3v) is 12.3. The molecule has 2 atom stereocenters. The van der Waals surface area contributed by atoms with Gasteiger partial charge in [0.05, 0.1) is 28.1 Å². The van der Waals surface area contributed by atoms with Gasteiger partial charge in [0, 0.05) is 35.1 Å². The third kappa shape index (κ3) is 7.35. The highest BCUT2D eigenvalue weighted by atomic mass is 16.5. The first-order valence-corrected chi connectivity index (χ1v) is 19.8. The molecule has 2 aromatic carbocycles. The number of carbonyl (C=O) groups excluding carboxylic acids is 3. The van der Waals surface area contributed by atoms with E-state index in [0.29, 0.717) is 33.9 Å². The van der Waals surface area contributed by atoms with Gasteiger partial charge in [-0.25, -0.2) is 9.79 Å². The van der Waals surface area contributed by atoms with Gasteiger partial charge in [0.15, 0.2) is 0 Å². The number of hydrogen-bond acceptors (Lipinski definition) is 5. The molecule has 7 heteroatoms. The summed E-state index contributed by atoms with van der Waals surface area (Å²) in [4.78, 5) is 51.5. The van der Waals surface area contributed by atoms with Crippen molar-refractivity contribution >= 4 is 34.5 Å². The normalized spacial score (nSPS) is 24.1. The Morgan fingerprint density at radius 2 is 1.51 bits per heavy atom. The smallest absolute Gasteiger partial charge is 0.340 e. The first-order chi connectivity index (χ1) is 25.7. The maximum Gasteiger partial charge on any atom is 0.340 e. The molecule has 1 saturated carbocycles. The Labute approximate surface area is 327 Å². The van der Waals surface area contributed by atoms with Crippen molar-refractivity contribution in [3.63, 3.8) is 0 Å². The number of H-pyrrole nitrogens is 1. The number of benzene rings is 2. The van der Waals surface area contributed by atoms with Crippen molar-refractivity contribution in [1.29, 1.82) is 0 Å². The fourth-order valence-electron chi connectivity index (χ4n) is 9.36. The lowest BCUT2D eigenvalue weighted by Crippen LogP contribution is -2.49. The number of nitrogens with one attached hydrogen (secondary N) is 1. The van der Waals surface area contributed by atoms with Crippen molar-refractivity contribution in [3.8, 4) is 0 Å². The highest BCUT2D eigenvalue weighted by Crippen LogP contribution is 2.51. The minimum absolute atomic E-state index is 0.000229. The second kappa shape index (κ2) is 14.7. The van der Waals surface area contributed by atoms with Crippen LogP contribution in [0.5, 0.6) is 0 Å². The fraction of sp³-hybridized carbons (Fsp3) is 0.458. The molecule has 0 aliphatic heterocycles. The number of aromatic amines is 1. The SMILES string of the molecule is CCc1c(C)[nH]c(C2=C(O)C(=C3CC(=NC(=O)c4ccc(C)cc4C)C(C(=O)OC4C(C(C)(C)C)CC(C)CC4C(C)(C)C)=C3c3ccccc3)C2=O)c1C. The van der Waals surface area contributed by atoms with E-state index in [4.69, 9.17) is 4.74 Å². The van der Waals surface area contributed by atoms with Gasteiger partial charge in [0.1, 0.15) is 11.9 Å². The number of hydrogen-bond donors (Lipinski definition) is 2.